The number of aromatic nitrogens is 1. The van der Waals surface area contributed by atoms with Crippen LogP contribution in [-0.4, -0.2) is 52.8 Å². The molecule has 3 heterocycles. The van der Waals surface area contributed by atoms with Gasteiger partial charge in [0.25, 0.3) is 5.91 Å². The third kappa shape index (κ3) is 4.14. The van der Waals surface area contributed by atoms with Crippen molar-refractivity contribution in [3.63, 3.8) is 0 Å². The van der Waals surface area contributed by atoms with Gasteiger partial charge in [-0.15, -0.1) is 0 Å². The monoisotopic (exact) mass is 481 g/mol. The molecule has 178 valence electrons. The van der Waals surface area contributed by atoms with Crippen molar-refractivity contribution in [1.82, 2.24) is 20.5 Å². The molecule has 3 N–H and O–H groups in total. The number of halogens is 1. The number of fused-ring (bicyclic) bond motifs is 1. The molecule has 2 aliphatic heterocycles. The summed E-state index contributed by atoms with van der Waals surface area (Å²) in [6.07, 6.45) is 5.51. The highest BCUT2D eigenvalue weighted by molar-refractivity contribution is 6.35. The average molecular weight is 482 g/mol. The van der Waals surface area contributed by atoms with Crippen LogP contribution in [0.3, 0.4) is 0 Å². The number of carbonyl (C=O) groups excluding carboxylic acids is 3. The van der Waals surface area contributed by atoms with Crippen LogP contribution in [0.2, 0.25) is 5.02 Å². The van der Waals surface area contributed by atoms with Crippen molar-refractivity contribution >= 4 is 40.2 Å². The lowest BCUT2D eigenvalue weighted by Crippen LogP contribution is -2.49. The van der Waals surface area contributed by atoms with Crippen molar-refractivity contribution in [2.75, 3.05) is 13.1 Å². The molecule has 2 saturated heterocycles. The van der Waals surface area contributed by atoms with Gasteiger partial charge in [0.05, 0.1) is 16.6 Å². The fraction of sp³-hybridized carbons (Fsp3) is 0.520. The fourth-order valence-corrected chi connectivity index (χ4v) is 5.92. The largest absolute Gasteiger partial charge is 0.356 e. The second-order valence-corrected chi connectivity index (χ2v) is 10.4. The van der Waals surface area contributed by atoms with Crippen LogP contribution < -0.4 is 10.6 Å². The maximum atomic E-state index is 13.5. The molecule has 1 aromatic heterocycles. The first-order chi connectivity index (χ1) is 16.4. The van der Waals surface area contributed by atoms with Crippen LogP contribution in [0, 0.1) is 22.7 Å². The molecule has 3 amide bonds. The number of benzene rings is 1. The Bertz CT molecular complexity index is 1180. The van der Waals surface area contributed by atoms with Crippen LogP contribution in [0.5, 0.6) is 0 Å². The molecule has 1 aromatic carbocycles. The summed E-state index contributed by atoms with van der Waals surface area (Å²) in [6, 6.07) is 7.96. The summed E-state index contributed by atoms with van der Waals surface area (Å²) in [6.45, 7) is 1.17. The average Bonchev–Trinajstić information content (AvgIpc) is 3.43. The summed E-state index contributed by atoms with van der Waals surface area (Å²) in [4.78, 5) is 43.8. The number of nitrogens with zero attached hydrogens (tertiary/aromatic N) is 2. The normalized spacial score (nSPS) is 24.4. The number of rotatable bonds is 5. The lowest BCUT2D eigenvalue weighted by atomic mass is 9.67. The van der Waals surface area contributed by atoms with Gasteiger partial charge in [-0.05, 0) is 56.1 Å². The molecular weight excluding hydrogens is 454 g/mol. The number of carbonyl (C=O) groups is 3. The predicted molar refractivity (Wildman–Crippen MR) is 127 cm³/mol. The minimum absolute atomic E-state index is 0.0350. The highest BCUT2D eigenvalue weighted by Crippen LogP contribution is 2.50. The van der Waals surface area contributed by atoms with Crippen molar-refractivity contribution in [1.29, 1.82) is 5.26 Å². The van der Waals surface area contributed by atoms with E-state index in [2.05, 4.69) is 21.7 Å². The van der Waals surface area contributed by atoms with Crippen LogP contribution in [-0.2, 0) is 9.59 Å². The Labute approximate surface area is 203 Å². The Kier molecular flexibility index (Phi) is 5.98. The third-order valence-corrected chi connectivity index (χ3v) is 8.03. The van der Waals surface area contributed by atoms with Gasteiger partial charge >= 0.3 is 0 Å². The molecule has 2 aromatic rings. The predicted octanol–water partition coefficient (Wildman–Crippen LogP) is 3.13. The number of amides is 3. The Morgan fingerprint density at radius 2 is 2.15 bits per heavy atom. The quantitative estimate of drug-likeness (QED) is 0.607. The second-order valence-electron chi connectivity index (χ2n) is 9.95. The third-order valence-electron chi connectivity index (χ3n) is 7.71. The van der Waals surface area contributed by atoms with Crippen LogP contribution >= 0.6 is 11.6 Å². The van der Waals surface area contributed by atoms with Gasteiger partial charge in [0.15, 0.2) is 0 Å². The van der Waals surface area contributed by atoms with E-state index in [0.717, 1.165) is 31.1 Å². The van der Waals surface area contributed by atoms with Crippen molar-refractivity contribution in [3.8, 4) is 6.07 Å². The van der Waals surface area contributed by atoms with Gasteiger partial charge < -0.3 is 20.5 Å². The molecule has 3 atom stereocenters. The number of hydrogen-bond acceptors (Lipinski definition) is 4. The molecule has 1 saturated carbocycles. The number of H-pyrrole nitrogens is 1. The number of likely N-dealkylation sites (tertiary alicyclic amines) is 1. The molecule has 1 aliphatic carbocycles. The Morgan fingerprint density at radius 3 is 2.82 bits per heavy atom. The number of nitriles is 1. The number of hydrogen-bond donors (Lipinski definition) is 3. The first-order valence-electron chi connectivity index (χ1n) is 11.9. The molecule has 0 radical (unpaired) electrons. The van der Waals surface area contributed by atoms with E-state index >= 15 is 0 Å². The molecule has 1 spiro atoms. The van der Waals surface area contributed by atoms with Gasteiger partial charge in [-0.2, -0.15) is 5.26 Å². The molecule has 3 fully saturated rings. The molecule has 5 rings (SSSR count). The molecule has 1 unspecified atom stereocenters. The lowest BCUT2D eigenvalue weighted by Gasteiger charge is -2.37. The van der Waals surface area contributed by atoms with E-state index < -0.39 is 12.1 Å². The Morgan fingerprint density at radius 1 is 1.32 bits per heavy atom. The van der Waals surface area contributed by atoms with Gasteiger partial charge in [-0.25, -0.2) is 0 Å². The molecule has 8 nitrogen and oxygen atoms in total. The number of aromatic amines is 1. The van der Waals surface area contributed by atoms with E-state index in [9.17, 15) is 19.6 Å². The van der Waals surface area contributed by atoms with Crippen molar-refractivity contribution in [2.45, 2.75) is 57.0 Å². The summed E-state index contributed by atoms with van der Waals surface area (Å²) in [5.74, 6) is -0.913. The summed E-state index contributed by atoms with van der Waals surface area (Å²) in [5.41, 5.74) is 1.06. The smallest absolute Gasteiger partial charge is 0.271 e. The van der Waals surface area contributed by atoms with E-state index in [-0.39, 0.29) is 35.5 Å². The zero-order chi connectivity index (χ0) is 23.9. The van der Waals surface area contributed by atoms with E-state index in [1.54, 1.807) is 17.0 Å². The van der Waals surface area contributed by atoms with Gasteiger partial charge in [-0.3, -0.25) is 14.4 Å². The molecule has 34 heavy (non-hydrogen) atoms. The molecular formula is C25H28ClN5O3. The summed E-state index contributed by atoms with van der Waals surface area (Å²) < 4.78 is 0. The minimum Gasteiger partial charge on any atom is -0.356 e. The van der Waals surface area contributed by atoms with E-state index in [1.165, 1.54) is 0 Å². The van der Waals surface area contributed by atoms with Gasteiger partial charge in [0.2, 0.25) is 11.8 Å². The minimum atomic E-state index is -0.775. The van der Waals surface area contributed by atoms with Crippen molar-refractivity contribution < 1.29 is 14.4 Å². The molecule has 9 heteroatoms. The SMILES string of the molecule is N#C[C@H](C[C@@H]1CCCNC1=O)NC(=O)C1CC2(CCC2)CN1C(=O)c1cc2cccc(Cl)c2[nH]1. The number of para-hydroxylation sites is 1. The van der Waals surface area contributed by atoms with Crippen LogP contribution in [0.25, 0.3) is 10.9 Å². The Balaban J connectivity index is 1.34. The van der Waals surface area contributed by atoms with Crippen molar-refractivity contribution in [2.24, 2.45) is 11.3 Å². The fourth-order valence-electron chi connectivity index (χ4n) is 5.69. The molecule has 3 aliphatic rings. The topological polar surface area (TPSA) is 118 Å². The maximum Gasteiger partial charge on any atom is 0.271 e. The van der Waals surface area contributed by atoms with Crippen LogP contribution in [0.1, 0.15) is 55.4 Å². The molecule has 0 bridgehead atoms. The highest BCUT2D eigenvalue weighted by atomic mass is 35.5. The van der Waals surface area contributed by atoms with Crippen molar-refractivity contribution in [3.05, 3.63) is 35.0 Å². The van der Waals surface area contributed by atoms with E-state index in [1.807, 2.05) is 12.1 Å². The van der Waals surface area contributed by atoms with Gasteiger partial charge in [0, 0.05) is 24.4 Å². The van der Waals surface area contributed by atoms with Crippen LogP contribution in [0.4, 0.5) is 0 Å². The standard InChI is InChI=1S/C25H28ClN5O3/c26-18-6-1-4-15-11-19(30-21(15)18)24(34)31-14-25(7-3-8-25)12-20(31)23(33)29-17(13-27)10-16-5-2-9-28-22(16)32/h1,4,6,11,16-17,20,30H,2-3,5,7-10,12,14H2,(H,28,32)(H,29,33)/t16-,17-,20?/m0/s1. The van der Waals surface area contributed by atoms with E-state index in [4.69, 9.17) is 11.6 Å². The van der Waals surface area contributed by atoms with E-state index in [0.29, 0.717) is 42.2 Å². The first kappa shape index (κ1) is 22.7. The maximum absolute atomic E-state index is 13.5. The zero-order valence-electron chi connectivity index (χ0n) is 18.9. The number of nitrogens with one attached hydrogen (secondary N) is 3. The number of piperidine rings is 1. The lowest BCUT2D eigenvalue weighted by molar-refractivity contribution is -0.128. The van der Waals surface area contributed by atoms with Gasteiger partial charge in [0.1, 0.15) is 17.8 Å². The highest BCUT2D eigenvalue weighted by Gasteiger charge is 2.52. The summed E-state index contributed by atoms with van der Waals surface area (Å²) in [5, 5.41) is 16.7. The van der Waals surface area contributed by atoms with Gasteiger partial charge in [-0.1, -0.05) is 30.2 Å². The van der Waals surface area contributed by atoms with Crippen LogP contribution in [0.15, 0.2) is 24.3 Å². The summed E-state index contributed by atoms with van der Waals surface area (Å²) >= 11 is 6.27. The second kappa shape index (κ2) is 8.95. The Hall–Kier alpha value is -3.05. The zero-order valence-corrected chi connectivity index (χ0v) is 19.7. The first-order valence-corrected chi connectivity index (χ1v) is 12.3. The summed E-state index contributed by atoms with van der Waals surface area (Å²) in [7, 11) is 0.